The molecule has 0 saturated heterocycles. The summed E-state index contributed by atoms with van der Waals surface area (Å²) in [6, 6.07) is 8.56. The van der Waals surface area contributed by atoms with E-state index in [0.717, 1.165) is 0 Å². The monoisotopic (exact) mass is 283 g/mol. The average molecular weight is 284 g/mol. The van der Waals surface area contributed by atoms with E-state index < -0.39 is 4.92 Å². The summed E-state index contributed by atoms with van der Waals surface area (Å²) in [4.78, 5) is 10.1. The summed E-state index contributed by atoms with van der Waals surface area (Å²) >= 11 is 11.8. The fourth-order valence-electron chi connectivity index (χ4n) is 1.56. The van der Waals surface area contributed by atoms with Gasteiger partial charge in [-0.2, -0.15) is 0 Å². The van der Waals surface area contributed by atoms with Gasteiger partial charge in [0, 0.05) is 28.3 Å². The molecule has 2 aromatic rings. The average Bonchev–Trinajstić information content (AvgIpc) is 2.32. The van der Waals surface area contributed by atoms with E-state index in [1.807, 2.05) is 0 Å². The van der Waals surface area contributed by atoms with Crippen molar-refractivity contribution in [2.75, 3.05) is 0 Å². The molecule has 0 radical (unpaired) electrons. The lowest BCUT2D eigenvalue weighted by molar-refractivity contribution is -0.384. The van der Waals surface area contributed by atoms with E-state index in [9.17, 15) is 15.2 Å². The van der Waals surface area contributed by atoms with Crippen molar-refractivity contribution in [1.29, 1.82) is 0 Å². The number of benzene rings is 2. The van der Waals surface area contributed by atoms with Crippen LogP contribution in [-0.4, -0.2) is 10.0 Å². The second-order valence-corrected chi connectivity index (χ2v) is 4.43. The molecule has 2 aromatic carbocycles. The third-order valence-corrected chi connectivity index (χ3v) is 2.96. The lowest BCUT2D eigenvalue weighted by Crippen LogP contribution is -1.89. The first-order valence-corrected chi connectivity index (χ1v) is 5.67. The van der Waals surface area contributed by atoms with E-state index in [-0.39, 0.29) is 16.5 Å². The molecule has 18 heavy (non-hydrogen) atoms. The Hall–Kier alpha value is -1.78. The summed E-state index contributed by atoms with van der Waals surface area (Å²) in [6.07, 6.45) is 0. The second-order valence-electron chi connectivity index (χ2n) is 3.58. The topological polar surface area (TPSA) is 63.4 Å². The van der Waals surface area contributed by atoms with Crippen LogP contribution >= 0.6 is 23.2 Å². The quantitative estimate of drug-likeness (QED) is 0.661. The zero-order valence-corrected chi connectivity index (χ0v) is 10.4. The van der Waals surface area contributed by atoms with Crippen molar-refractivity contribution in [2.24, 2.45) is 0 Å². The molecule has 2 rings (SSSR count). The van der Waals surface area contributed by atoms with Gasteiger partial charge in [-0.15, -0.1) is 0 Å². The van der Waals surface area contributed by atoms with Crippen LogP contribution in [-0.2, 0) is 0 Å². The van der Waals surface area contributed by atoms with Gasteiger partial charge in [0.2, 0.25) is 0 Å². The van der Waals surface area contributed by atoms with E-state index in [4.69, 9.17) is 23.2 Å². The van der Waals surface area contributed by atoms with Crippen molar-refractivity contribution in [1.82, 2.24) is 0 Å². The highest BCUT2D eigenvalue weighted by Crippen LogP contribution is 2.37. The summed E-state index contributed by atoms with van der Waals surface area (Å²) < 4.78 is 0. The molecule has 0 bridgehead atoms. The minimum Gasteiger partial charge on any atom is -0.507 e. The van der Waals surface area contributed by atoms with Gasteiger partial charge in [0.25, 0.3) is 5.69 Å². The zero-order chi connectivity index (χ0) is 13.3. The van der Waals surface area contributed by atoms with Crippen LogP contribution in [0.4, 0.5) is 5.69 Å². The summed E-state index contributed by atoms with van der Waals surface area (Å²) in [5.74, 6) is 0.00940. The Labute approximate surface area is 113 Å². The van der Waals surface area contributed by atoms with Crippen molar-refractivity contribution in [3.8, 4) is 16.9 Å². The molecule has 92 valence electrons. The highest BCUT2D eigenvalue weighted by molar-refractivity contribution is 6.34. The molecule has 0 unspecified atom stereocenters. The molecule has 6 heteroatoms. The third kappa shape index (κ3) is 2.39. The molecule has 0 aromatic heterocycles. The Morgan fingerprint density at radius 2 is 1.78 bits per heavy atom. The molecule has 0 heterocycles. The minimum absolute atomic E-state index is 0.00940. The van der Waals surface area contributed by atoms with Crippen LogP contribution in [0.25, 0.3) is 11.1 Å². The Bertz CT molecular complexity index is 629. The van der Waals surface area contributed by atoms with E-state index in [0.29, 0.717) is 16.1 Å². The number of hydrogen-bond acceptors (Lipinski definition) is 3. The second kappa shape index (κ2) is 4.84. The normalized spacial score (nSPS) is 10.3. The Morgan fingerprint density at radius 1 is 1.06 bits per heavy atom. The van der Waals surface area contributed by atoms with E-state index in [2.05, 4.69) is 0 Å². The number of non-ortho nitro benzene ring substituents is 1. The standard InChI is InChI=1S/C12H7Cl2NO3/c13-7-1-4-12(16)10(5-7)9-3-2-8(15(17)18)6-11(9)14/h1-6,16H. The molecule has 0 aliphatic carbocycles. The van der Waals surface area contributed by atoms with Gasteiger partial charge in [0.15, 0.2) is 0 Å². The number of halogens is 2. The number of nitro groups is 1. The van der Waals surface area contributed by atoms with Gasteiger partial charge in [-0.25, -0.2) is 0 Å². The van der Waals surface area contributed by atoms with E-state index in [1.165, 1.54) is 24.3 Å². The molecule has 0 aliphatic rings. The van der Waals surface area contributed by atoms with Gasteiger partial charge < -0.3 is 5.11 Å². The lowest BCUT2D eigenvalue weighted by Gasteiger charge is -2.07. The smallest absolute Gasteiger partial charge is 0.270 e. The first-order valence-electron chi connectivity index (χ1n) is 4.92. The Balaban J connectivity index is 2.58. The zero-order valence-electron chi connectivity index (χ0n) is 8.93. The number of aromatic hydroxyl groups is 1. The summed E-state index contributed by atoms with van der Waals surface area (Å²) in [6.45, 7) is 0. The maximum atomic E-state index is 10.6. The van der Waals surface area contributed by atoms with E-state index >= 15 is 0 Å². The van der Waals surface area contributed by atoms with Crippen LogP contribution in [0.5, 0.6) is 5.75 Å². The van der Waals surface area contributed by atoms with Crippen molar-refractivity contribution in [2.45, 2.75) is 0 Å². The van der Waals surface area contributed by atoms with Crippen LogP contribution in [0.1, 0.15) is 0 Å². The fourth-order valence-corrected chi connectivity index (χ4v) is 2.01. The Kier molecular flexibility index (Phi) is 3.41. The number of phenolic OH excluding ortho intramolecular Hbond substituents is 1. The third-order valence-electron chi connectivity index (χ3n) is 2.41. The molecule has 0 fully saturated rings. The number of hydrogen-bond donors (Lipinski definition) is 1. The van der Waals surface area contributed by atoms with Gasteiger partial charge in [0.1, 0.15) is 5.75 Å². The Morgan fingerprint density at radius 3 is 2.39 bits per heavy atom. The van der Waals surface area contributed by atoms with Crippen molar-refractivity contribution < 1.29 is 10.0 Å². The van der Waals surface area contributed by atoms with Gasteiger partial charge in [-0.05, 0) is 24.3 Å². The van der Waals surface area contributed by atoms with Crippen LogP contribution in [0.15, 0.2) is 36.4 Å². The minimum atomic E-state index is -0.534. The first kappa shape index (κ1) is 12.7. The molecule has 0 spiro atoms. The highest BCUT2D eigenvalue weighted by Gasteiger charge is 2.13. The lowest BCUT2D eigenvalue weighted by atomic mass is 10.0. The van der Waals surface area contributed by atoms with Crippen molar-refractivity contribution in [3.63, 3.8) is 0 Å². The highest BCUT2D eigenvalue weighted by atomic mass is 35.5. The molecular formula is C12H7Cl2NO3. The van der Waals surface area contributed by atoms with Gasteiger partial charge in [0.05, 0.1) is 9.95 Å². The largest absolute Gasteiger partial charge is 0.507 e. The predicted octanol–water partition coefficient (Wildman–Crippen LogP) is 4.27. The SMILES string of the molecule is O=[N+]([O-])c1ccc(-c2cc(Cl)ccc2O)c(Cl)c1. The maximum Gasteiger partial charge on any atom is 0.270 e. The molecule has 0 saturated carbocycles. The predicted molar refractivity (Wildman–Crippen MR) is 70.2 cm³/mol. The maximum absolute atomic E-state index is 10.6. The number of rotatable bonds is 2. The van der Waals surface area contributed by atoms with E-state index in [1.54, 1.807) is 12.1 Å². The molecule has 1 N–H and O–H groups in total. The molecule has 0 atom stereocenters. The summed E-state index contributed by atoms with van der Waals surface area (Å²) in [5.41, 5.74) is 0.815. The number of nitrogens with zero attached hydrogens (tertiary/aromatic N) is 1. The van der Waals surface area contributed by atoms with Crippen molar-refractivity contribution in [3.05, 3.63) is 56.6 Å². The molecule has 0 aliphatic heterocycles. The fraction of sp³-hybridized carbons (Fsp3) is 0. The van der Waals surface area contributed by atoms with Gasteiger partial charge >= 0.3 is 0 Å². The molecule has 0 amide bonds. The van der Waals surface area contributed by atoms with Crippen LogP contribution < -0.4 is 0 Å². The van der Waals surface area contributed by atoms with Gasteiger partial charge in [-0.3, -0.25) is 10.1 Å². The summed E-state index contributed by atoms with van der Waals surface area (Å²) in [5, 5.41) is 21.0. The molecular weight excluding hydrogens is 277 g/mol. The van der Waals surface area contributed by atoms with Crippen LogP contribution in [0, 0.1) is 10.1 Å². The van der Waals surface area contributed by atoms with Crippen LogP contribution in [0.3, 0.4) is 0 Å². The first-order chi connectivity index (χ1) is 8.49. The van der Waals surface area contributed by atoms with Gasteiger partial charge in [-0.1, -0.05) is 23.2 Å². The van der Waals surface area contributed by atoms with Crippen molar-refractivity contribution >= 4 is 28.9 Å². The van der Waals surface area contributed by atoms with Crippen LogP contribution in [0.2, 0.25) is 10.0 Å². The molecule has 4 nitrogen and oxygen atoms in total. The number of nitro benzene ring substituents is 1. The number of phenols is 1. The summed E-state index contributed by atoms with van der Waals surface area (Å²) in [7, 11) is 0.